The van der Waals surface area contributed by atoms with Crippen LogP contribution in [0, 0.1) is 0 Å². The normalized spacial score (nSPS) is 25.8. The van der Waals surface area contributed by atoms with Crippen LogP contribution in [-0.2, 0) is 6.42 Å². The number of carbonyl (C=O) groups is 1. The fourth-order valence-electron chi connectivity index (χ4n) is 4.36. The molecule has 3 aromatic heterocycles. The van der Waals surface area contributed by atoms with Crippen molar-refractivity contribution in [2.24, 2.45) is 0 Å². The summed E-state index contributed by atoms with van der Waals surface area (Å²) in [6.07, 6.45) is 4.91. The quantitative estimate of drug-likeness (QED) is 0.436. The second-order valence-electron chi connectivity index (χ2n) is 9.06. The predicted octanol–water partition coefficient (Wildman–Crippen LogP) is 2.94. The monoisotopic (exact) mass is 472 g/mol. The molecule has 1 amide bonds. The van der Waals surface area contributed by atoms with Gasteiger partial charge in [0, 0.05) is 29.9 Å². The minimum absolute atomic E-state index is 0.119. The minimum Gasteiger partial charge on any atom is -0.390 e. The van der Waals surface area contributed by atoms with Gasteiger partial charge in [0.2, 0.25) is 0 Å². The average molecular weight is 473 g/mol. The van der Waals surface area contributed by atoms with Gasteiger partial charge < -0.3 is 21.1 Å². The number of carbonyl (C=O) groups excluding carboxylic acids is 1. The van der Waals surface area contributed by atoms with Gasteiger partial charge in [-0.2, -0.15) is 4.37 Å². The van der Waals surface area contributed by atoms with Gasteiger partial charge in [-0.15, -0.1) is 11.3 Å². The molecule has 1 saturated heterocycles. The Bertz CT molecular complexity index is 1090. The molecule has 170 valence electrons. The topological polar surface area (TPSA) is 112 Å². The molecule has 10 heteroatoms. The van der Waals surface area contributed by atoms with Crippen molar-refractivity contribution in [1.82, 2.24) is 25.0 Å². The summed E-state index contributed by atoms with van der Waals surface area (Å²) in [6.45, 7) is 3.66. The van der Waals surface area contributed by atoms with E-state index in [1.165, 1.54) is 11.5 Å². The maximum absolute atomic E-state index is 12.5. The van der Waals surface area contributed by atoms with Gasteiger partial charge in [-0.1, -0.05) is 0 Å². The van der Waals surface area contributed by atoms with Gasteiger partial charge in [0.25, 0.3) is 5.91 Å². The van der Waals surface area contributed by atoms with Crippen LogP contribution >= 0.6 is 22.9 Å². The van der Waals surface area contributed by atoms with Crippen molar-refractivity contribution in [3.05, 3.63) is 33.9 Å². The van der Waals surface area contributed by atoms with Gasteiger partial charge >= 0.3 is 0 Å². The number of rotatable bonds is 6. The lowest BCUT2D eigenvalue weighted by Crippen LogP contribution is -2.36. The third-order valence-corrected chi connectivity index (χ3v) is 7.97. The smallest absolute Gasteiger partial charge is 0.271 e. The highest BCUT2D eigenvalue weighted by atomic mass is 32.1. The number of aromatic nitrogens is 3. The van der Waals surface area contributed by atoms with Crippen molar-refractivity contribution < 1.29 is 9.90 Å². The molecule has 3 aromatic rings. The molecule has 1 atom stereocenters. The summed E-state index contributed by atoms with van der Waals surface area (Å²) in [4.78, 5) is 23.0. The molecule has 0 aromatic carbocycles. The molecular formula is C22H28N6O2S2. The largest absolute Gasteiger partial charge is 0.390 e. The molecule has 1 aliphatic heterocycles. The SMILES string of the molecule is CC1(O)CCC(Nc2nc(Cc3cc(C(=O)N[C@@H]4CCNC4)ns3)nc3ccsc23)CC1. The zero-order valence-corrected chi connectivity index (χ0v) is 19.7. The number of hydrogen-bond acceptors (Lipinski definition) is 9. The van der Waals surface area contributed by atoms with Gasteiger partial charge in [-0.25, -0.2) is 9.97 Å². The Hall–Kier alpha value is -2.14. The summed E-state index contributed by atoms with van der Waals surface area (Å²) in [5.41, 5.74) is 0.834. The van der Waals surface area contributed by atoms with E-state index in [1.54, 1.807) is 11.3 Å². The fraction of sp³-hybridized carbons (Fsp3) is 0.545. The third kappa shape index (κ3) is 4.93. The number of anilines is 1. The second kappa shape index (κ2) is 9.01. The number of hydrogen-bond donors (Lipinski definition) is 4. The summed E-state index contributed by atoms with van der Waals surface area (Å²) in [6, 6.07) is 4.34. The zero-order chi connectivity index (χ0) is 22.1. The van der Waals surface area contributed by atoms with E-state index in [0.29, 0.717) is 18.2 Å². The van der Waals surface area contributed by atoms with Gasteiger partial charge in [0.05, 0.1) is 15.8 Å². The zero-order valence-electron chi connectivity index (χ0n) is 18.1. The Labute approximate surface area is 195 Å². The molecule has 5 rings (SSSR count). The average Bonchev–Trinajstić information content (AvgIpc) is 3.51. The number of aliphatic hydroxyl groups is 1. The molecular weight excluding hydrogens is 444 g/mol. The summed E-state index contributed by atoms with van der Waals surface area (Å²) >= 11 is 2.96. The first-order valence-corrected chi connectivity index (χ1v) is 12.8. The summed E-state index contributed by atoms with van der Waals surface area (Å²) in [7, 11) is 0. The van der Waals surface area contributed by atoms with E-state index in [0.717, 1.165) is 71.9 Å². The predicted molar refractivity (Wildman–Crippen MR) is 128 cm³/mol. The second-order valence-corrected chi connectivity index (χ2v) is 10.9. The highest BCUT2D eigenvalue weighted by Crippen LogP contribution is 2.32. The van der Waals surface area contributed by atoms with Crippen LogP contribution in [0.25, 0.3) is 10.2 Å². The van der Waals surface area contributed by atoms with Crippen LogP contribution in [0.2, 0.25) is 0 Å². The maximum Gasteiger partial charge on any atom is 0.271 e. The number of nitrogens with one attached hydrogen (secondary N) is 3. The lowest BCUT2D eigenvalue weighted by molar-refractivity contribution is 0.0196. The number of fused-ring (bicyclic) bond motifs is 1. The van der Waals surface area contributed by atoms with Crippen LogP contribution in [0.1, 0.15) is 60.2 Å². The fourth-order valence-corrected chi connectivity index (χ4v) is 5.86. The molecule has 2 fully saturated rings. The lowest BCUT2D eigenvalue weighted by Gasteiger charge is -2.33. The van der Waals surface area contributed by atoms with Gasteiger partial charge in [0.15, 0.2) is 0 Å². The molecule has 8 nitrogen and oxygen atoms in total. The van der Waals surface area contributed by atoms with Gasteiger partial charge in [-0.05, 0) is 74.6 Å². The summed E-state index contributed by atoms with van der Waals surface area (Å²) in [5, 5.41) is 22.2. The van der Waals surface area contributed by atoms with E-state index in [1.807, 2.05) is 24.4 Å². The van der Waals surface area contributed by atoms with Crippen LogP contribution in [-0.4, -0.2) is 56.1 Å². The van der Waals surface area contributed by atoms with Crippen LogP contribution in [0.15, 0.2) is 17.5 Å². The van der Waals surface area contributed by atoms with E-state index in [-0.39, 0.29) is 11.9 Å². The van der Waals surface area contributed by atoms with Crippen molar-refractivity contribution in [1.29, 1.82) is 0 Å². The van der Waals surface area contributed by atoms with Crippen molar-refractivity contribution in [2.75, 3.05) is 18.4 Å². The van der Waals surface area contributed by atoms with Crippen molar-refractivity contribution in [2.45, 2.75) is 63.1 Å². The van der Waals surface area contributed by atoms with E-state index < -0.39 is 5.60 Å². The molecule has 0 spiro atoms. The Kier molecular flexibility index (Phi) is 6.11. The Morgan fingerprint density at radius 1 is 1.28 bits per heavy atom. The van der Waals surface area contributed by atoms with Gasteiger partial charge in [0.1, 0.15) is 17.3 Å². The number of amides is 1. The molecule has 2 aliphatic rings. The van der Waals surface area contributed by atoms with E-state index >= 15 is 0 Å². The first-order valence-electron chi connectivity index (χ1n) is 11.2. The molecule has 1 aliphatic carbocycles. The Balaban J connectivity index is 1.29. The highest BCUT2D eigenvalue weighted by Gasteiger charge is 2.29. The van der Waals surface area contributed by atoms with Crippen LogP contribution in [0.3, 0.4) is 0 Å². The first-order chi connectivity index (χ1) is 15.4. The molecule has 0 unspecified atom stereocenters. The molecule has 4 heterocycles. The summed E-state index contributed by atoms with van der Waals surface area (Å²) in [5.74, 6) is 1.46. The Morgan fingerprint density at radius 2 is 2.12 bits per heavy atom. The maximum atomic E-state index is 12.5. The standard InChI is InChI=1S/C22H28N6O2S2/c1-22(30)6-2-13(3-7-22)24-20-19-16(5-9-31-19)26-18(27-20)11-15-10-17(28-32-15)21(29)25-14-4-8-23-12-14/h5,9-10,13-14,23,30H,2-4,6-8,11-12H2,1H3,(H,25,29)(H,24,26,27)/t13?,14-,22?/m1/s1. The van der Waals surface area contributed by atoms with Crippen LogP contribution in [0.5, 0.6) is 0 Å². The van der Waals surface area contributed by atoms with Crippen molar-refractivity contribution >= 4 is 44.8 Å². The minimum atomic E-state index is -0.558. The van der Waals surface area contributed by atoms with Crippen LogP contribution < -0.4 is 16.0 Å². The number of thiophene rings is 1. The molecule has 4 N–H and O–H groups in total. The third-order valence-electron chi connectivity index (χ3n) is 6.27. The van der Waals surface area contributed by atoms with Gasteiger partial charge in [-0.3, -0.25) is 4.79 Å². The van der Waals surface area contributed by atoms with E-state index in [9.17, 15) is 9.90 Å². The summed E-state index contributed by atoms with van der Waals surface area (Å²) < 4.78 is 5.41. The molecule has 1 saturated carbocycles. The Morgan fingerprint density at radius 3 is 2.91 bits per heavy atom. The van der Waals surface area contributed by atoms with E-state index in [4.69, 9.17) is 9.97 Å². The van der Waals surface area contributed by atoms with E-state index in [2.05, 4.69) is 20.3 Å². The van der Waals surface area contributed by atoms with Crippen LogP contribution in [0.4, 0.5) is 5.82 Å². The molecule has 0 radical (unpaired) electrons. The van der Waals surface area contributed by atoms with Crippen molar-refractivity contribution in [3.63, 3.8) is 0 Å². The van der Waals surface area contributed by atoms with Crippen molar-refractivity contribution in [3.8, 4) is 0 Å². The molecule has 32 heavy (non-hydrogen) atoms. The number of nitrogens with zero attached hydrogens (tertiary/aromatic N) is 3. The lowest BCUT2D eigenvalue weighted by atomic mass is 9.84. The highest BCUT2D eigenvalue weighted by molar-refractivity contribution is 7.17. The first kappa shape index (κ1) is 21.7. The molecule has 0 bridgehead atoms.